The van der Waals surface area contributed by atoms with E-state index in [2.05, 4.69) is 50.8 Å². The third-order valence-electron chi connectivity index (χ3n) is 2.67. The maximum atomic E-state index is 5.14. The van der Waals surface area contributed by atoms with Crippen LogP contribution >= 0.6 is 0 Å². The van der Waals surface area contributed by atoms with E-state index in [0.717, 1.165) is 13.0 Å². The largest absolute Gasteiger partial charge is 1.00 e. The second kappa shape index (κ2) is 9.44. The van der Waals surface area contributed by atoms with Crippen molar-refractivity contribution >= 4 is 6.08 Å². The topological polar surface area (TPSA) is 9.23 Å². The molecular weight excluding hydrogens is 314 g/mol. The summed E-state index contributed by atoms with van der Waals surface area (Å²) in [5.41, 5.74) is 2.84. The van der Waals surface area contributed by atoms with Crippen molar-refractivity contribution in [2.45, 2.75) is 12.3 Å². The van der Waals surface area contributed by atoms with E-state index in [9.17, 15) is 0 Å². The average Bonchev–Trinajstić information content (AvgIpc) is 2.51. The van der Waals surface area contributed by atoms with Crippen LogP contribution in [0, 0.1) is 0 Å². The molecule has 0 saturated heterocycles. The summed E-state index contributed by atoms with van der Waals surface area (Å²) in [5.74, 6) is 0.575. The Morgan fingerprint density at radius 1 is 1.18 bits per heavy atom. The van der Waals surface area contributed by atoms with Crippen molar-refractivity contribution in [2.75, 3.05) is 13.7 Å². The molecule has 1 nitrogen and oxygen atoms in total. The van der Waals surface area contributed by atoms with Crippen molar-refractivity contribution in [3.63, 3.8) is 0 Å². The van der Waals surface area contributed by atoms with E-state index in [1.165, 1.54) is 15.0 Å². The number of benzene rings is 1. The first kappa shape index (κ1) is 19.8. The van der Waals surface area contributed by atoms with Gasteiger partial charge in [0.2, 0.25) is 0 Å². The zero-order chi connectivity index (χ0) is 9.97. The van der Waals surface area contributed by atoms with Crippen LogP contribution in [0.2, 0.25) is 0 Å². The minimum Gasteiger partial charge on any atom is -1.00 e. The van der Waals surface area contributed by atoms with Crippen molar-refractivity contribution in [3.05, 3.63) is 39.3 Å². The van der Waals surface area contributed by atoms with Gasteiger partial charge in [0.25, 0.3) is 0 Å². The van der Waals surface area contributed by atoms with Gasteiger partial charge in [0.1, 0.15) is 0 Å². The van der Waals surface area contributed by atoms with E-state index >= 15 is 0 Å². The smallest absolute Gasteiger partial charge is 1.00 e. The number of ether oxygens (including phenoxy) is 1. The summed E-state index contributed by atoms with van der Waals surface area (Å²) in [6.07, 6.45) is 3.38. The van der Waals surface area contributed by atoms with E-state index in [1.807, 2.05) is 0 Å². The molecule has 0 bridgehead atoms. The predicted molar refractivity (Wildman–Crippen MR) is 53.7 cm³/mol. The van der Waals surface area contributed by atoms with Crippen LogP contribution in [0.25, 0.3) is 6.08 Å². The molecule has 5 heteroatoms. The normalized spacial score (nSPS) is 15.9. The van der Waals surface area contributed by atoms with Crippen molar-refractivity contribution < 1.29 is 62.4 Å². The first-order valence-electron chi connectivity index (χ1n) is 4.84. The molecule has 1 aromatic rings. The quantitative estimate of drug-likeness (QED) is 0.502. The summed E-state index contributed by atoms with van der Waals surface area (Å²) in [4.78, 5) is 0. The monoisotopic (exact) mass is 326 g/mol. The third-order valence-corrected chi connectivity index (χ3v) is 3.44. The van der Waals surface area contributed by atoms with Gasteiger partial charge in [-0.2, -0.15) is 0 Å². The maximum absolute atomic E-state index is 5.14. The summed E-state index contributed by atoms with van der Waals surface area (Å²) >= 11 is 2.21. The fourth-order valence-corrected chi connectivity index (χ4v) is 2.65. The van der Waals surface area contributed by atoms with Gasteiger partial charge in [-0.15, -0.1) is 0 Å². The molecule has 92 valence electrons. The van der Waals surface area contributed by atoms with Crippen LogP contribution < -0.4 is 37.2 Å². The Morgan fingerprint density at radius 2 is 1.82 bits per heavy atom. The summed E-state index contributed by atoms with van der Waals surface area (Å²) in [5, 5.41) is 0. The van der Waals surface area contributed by atoms with E-state index < -0.39 is 0 Å². The number of hydrogen-bond donors (Lipinski definition) is 0. The van der Waals surface area contributed by atoms with Gasteiger partial charge in [0, 0.05) is 0 Å². The summed E-state index contributed by atoms with van der Waals surface area (Å²) in [6.45, 7) is 0.837. The van der Waals surface area contributed by atoms with E-state index in [4.69, 9.17) is 4.74 Å². The number of hydrogen-bond acceptors (Lipinski definition) is 1. The number of rotatable bonds is 3. The van der Waals surface area contributed by atoms with Gasteiger partial charge < -0.3 is 37.2 Å². The molecule has 0 spiro atoms. The summed E-state index contributed by atoms with van der Waals surface area (Å²) in [7, 11) is 1.76. The Labute approximate surface area is 133 Å². The van der Waals surface area contributed by atoms with Gasteiger partial charge in [-0.1, -0.05) is 0 Å². The molecule has 0 N–H and O–H groups in total. The first-order chi connectivity index (χ1) is 6.83. The second-order valence-electron chi connectivity index (χ2n) is 3.56. The van der Waals surface area contributed by atoms with Crippen LogP contribution in [-0.2, 0) is 25.2 Å². The molecule has 0 aliphatic heterocycles. The number of allylic oxidation sites excluding steroid dienone is 1. The Bertz CT molecular complexity index is 369. The Morgan fingerprint density at radius 3 is 2.47 bits per heavy atom. The van der Waals surface area contributed by atoms with Crippen LogP contribution in [0.15, 0.2) is 28.1 Å². The zero-order valence-electron chi connectivity index (χ0n) is 9.42. The third kappa shape index (κ3) is 4.59. The molecule has 0 heterocycles. The van der Waals surface area contributed by atoms with E-state index in [0.29, 0.717) is 5.92 Å². The number of fused-ring (bicyclic) bond motifs is 1. The Kier molecular flexibility index (Phi) is 11.0. The fraction of sp³-hybridized carbons (Fsp3) is 0.333. The molecule has 1 aromatic carbocycles. The molecule has 2 rings (SSSR count). The van der Waals surface area contributed by atoms with Gasteiger partial charge in [-0.05, 0) is 0 Å². The van der Waals surface area contributed by atoms with Gasteiger partial charge in [-0.25, -0.2) is 0 Å². The molecule has 0 saturated carbocycles. The number of halogens is 3. The molecule has 0 amide bonds. The van der Waals surface area contributed by atoms with Crippen molar-refractivity contribution in [2.24, 2.45) is 0 Å². The first-order valence-corrected chi connectivity index (χ1v) is 5.62. The molecular formula is C12H13Cl3OTi. The van der Waals surface area contributed by atoms with Gasteiger partial charge in [0.05, 0.1) is 0 Å². The summed E-state index contributed by atoms with van der Waals surface area (Å²) in [6, 6.07) is 8.63. The molecule has 0 fully saturated rings. The van der Waals surface area contributed by atoms with Crippen LogP contribution in [0.3, 0.4) is 0 Å². The molecule has 0 radical (unpaired) electrons. The molecule has 1 atom stereocenters. The molecule has 0 aromatic heterocycles. The fourth-order valence-electron chi connectivity index (χ4n) is 1.94. The average molecular weight is 327 g/mol. The minimum absolute atomic E-state index is 0. The maximum Gasteiger partial charge on any atom is -1.00 e. The molecule has 1 aliphatic carbocycles. The van der Waals surface area contributed by atoms with Crippen molar-refractivity contribution in [1.29, 1.82) is 0 Å². The van der Waals surface area contributed by atoms with Crippen LogP contribution in [0.5, 0.6) is 0 Å². The van der Waals surface area contributed by atoms with Crippen LogP contribution in [0.1, 0.15) is 23.5 Å². The SMILES string of the molecule is COCCC1[C]([Ti+3])=Cc2ccccc21.[Cl-].[Cl-].[Cl-]. The standard InChI is InChI=1S/C12H13O.3ClH.Ti/c1-13-9-8-11-7-6-10-4-2-3-5-12(10)11;;;;/h2-6,11H,8-9H2,1H3;3*1H;/q;;;;+3/p-3. The van der Waals surface area contributed by atoms with Crippen molar-refractivity contribution in [3.8, 4) is 0 Å². The van der Waals surface area contributed by atoms with Gasteiger partial charge in [-0.3, -0.25) is 0 Å². The Balaban J connectivity index is 0. The summed E-state index contributed by atoms with van der Waals surface area (Å²) < 4.78 is 6.60. The van der Waals surface area contributed by atoms with Crippen molar-refractivity contribution in [1.82, 2.24) is 0 Å². The van der Waals surface area contributed by atoms with E-state index in [1.54, 1.807) is 7.11 Å². The molecule has 1 aliphatic rings. The van der Waals surface area contributed by atoms with E-state index in [-0.39, 0.29) is 37.2 Å². The molecule has 1 unspecified atom stereocenters. The Hall–Kier alpha value is 0.504. The molecule has 17 heavy (non-hydrogen) atoms. The van der Waals surface area contributed by atoms with Gasteiger partial charge in [0.15, 0.2) is 0 Å². The zero-order valence-corrected chi connectivity index (χ0v) is 13.2. The van der Waals surface area contributed by atoms with Crippen LogP contribution in [0.4, 0.5) is 0 Å². The minimum atomic E-state index is 0. The predicted octanol–water partition coefficient (Wildman–Crippen LogP) is -6.28. The number of methoxy groups -OCH3 is 1. The van der Waals surface area contributed by atoms with Crippen LogP contribution in [-0.4, -0.2) is 13.7 Å². The van der Waals surface area contributed by atoms with Gasteiger partial charge >= 0.3 is 96.6 Å². The second-order valence-corrected chi connectivity index (χ2v) is 4.46.